The van der Waals surface area contributed by atoms with Crippen LogP contribution in [0.1, 0.15) is 5.56 Å². The van der Waals surface area contributed by atoms with E-state index < -0.39 is 11.6 Å². The van der Waals surface area contributed by atoms with Crippen LogP contribution in [0.5, 0.6) is 0 Å². The smallest absolute Gasteiger partial charge is 0.130 e. The lowest BCUT2D eigenvalue weighted by Crippen LogP contribution is -2.15. The lowest BCUT2D eigenvalue weighted by Gasteiger charge is -2.04. The molecule has 1 rings (SSSR count). The molecule has 0 spiro atoms. The topological polar surface area (TPSA) is 12.0 Å². The van der Waals surface area contributed by atoms with Gasteiger partial charge in [0, 0.05) is 29.2 Å². The number of rotatable bonds is 4. The fourth-order valence-corrected chi connectivity index (χ4v) is 1.20. The van der Waals surface area contributed by atoms with Crippen LogP contribution in [0.3, 0.4) is 0 Å². The van der Waals surface area contributed by atoms with Crippen molar-refractivity contribution in [3.05, 3.63) is 46.5 Å². The second kappa shape index (κ2) is 5.22. The van der Waals surface area contributed by atoms with Crippen molar-refractivity contribution >= 4 is 15.9 Å². The second-order valence-electron chi connectivity index (χ2n) is 2.86. The lowest BCUT2D eigenvalue weighted by molar-refractivity contribution is 0.564. The van der Waals surface area contributed by atoms with Gasteiger partial charge in [-0.3, -0.25) is 0 Å². The Hall–Kier alpha value is -0.740. The van der Waals surface area contributed by atoms with Crippen LogP contribution in [0.4, 0.5) is 8.78 Å². The number of hydrogen-bond donors (Lipinski definition) is 1. The van der Waals surface area contributed by atoms with Crippen molar-refractivity contribution in [3.8, 4) is 0 Å². The maximum absolute atomic E-state index is 13.1. The predicted octanol–water partition coefficient (Wildman–Crippen LogP) is 2.96. The van der Waals surface area contributed by atoms with E-state index in [-0.39, 0.29) is 0 Å². The Bertz CT molecular complexity index is 339. The molecule has 1 nitrogen and oxygen atoms in total. The van der Waals surface area contributed by atoms with E-state index >= 15 is 0 Å². The molecule has 1 aromatic rings. The van der Waals surface area contributed by atoms with Gasteiger partial charge < -0.3 is 5.32 Å². The zero-order valence-electron chi connectivity index (χ0n) is 7.49. The van der Waals surface area contributed by atoms with Crippen LogP contribution in [0.15, 0.2) is 29.3 Å². The third kappa shape index (κ3) is 3.55. The lowest BCUT2D eigenvalue weighted by atomic mass is 10.2. The van der Waals surface area contributed by atoms with Gasteiger partial charge >= 0.3 is 0 Å². The van der Waals surface area contributed by atoms with Crippen LogP contribution in [0.2, 0.25) is 0 Å². The van der Waals surface area contributed by atoms with Crippen molar-refractivity contribution in [1.82, 2.24) is 5.32 Å². The molecule has 0 amide bonds. The second-order valence-corrected chi connectivity index (χ2v) is 3.98. The van der Waals surface area contributed by atoms with E-state index in [4.69, 9.17) is 0 Å². The molecule has 1 N–H and O–H groups in total. The summed E-state index contributed by atoms with van der Waals surface area (Å²) in [5.74, 6) is -1.09. The highest BCUT2D eigenvalue weighted by molar-refractivity contribution is 9.11. The van der Waals surface area contributed by atoms with Gasteiger partial charge in [-0.25, -0.2) is 8.78 Å². The first-order valence-electron chi connectivity index (χ1n) is 4.07. The molecule has 0 bridgehead atoms. The standard InChI is InChI=1S/C10H10BrF2N/c1-7(11)5-14-6-8-2-3-9(12)4-10(8)13/h2-4,14H,1,5-6H2. The highest BCUT2D eigenvalue weighted by atomic mass is 79.9. The third-order valence-electron chi connectivity index (χ3n) is 1.65. The maximum atomic E-state index is 13.1. The van der Waals surface area contributed by atoms with E-state index in [9.17, 15) is 8.78 Å². The molecule has 0 aliphatic heterocycles. The molecule has 76 valence electrons. The van der Waals surface area contributed by atoms with Crippen molar-refractivity contribution in [2.75, 3.05) is 6.54 Å². The van der Waals surface area contributed by atoms with Crippen LogP contribution in [0, 0.1) is 11.6 Å². The van der Waals surface area contributed by atoms with Gasteiger partial charge in [-0.05, 0) is 6.07 Å². The highest BCUT2D eigenvalue weighted by Gasteiger charge is 2.02. The summed E-state index contributed by atoms with van der Waals surface area (Å²) in [6.07, 6.45) is 0. The first-order chi connectivity index (χ1) is 6.59. The van der Waals surface area contributed by atoms with Gasteiger partial charge in [0.2, 0.25) is 0 Å². The molecule has 4 heteroatoms. The summed E-state index contributed by atoms with van der Waals surface area (Å²) < 4.78 is 26.4. The van der Waals surface area contributed by atoms with Crippen molar-refractivity contribution in [1.29, 1.82) is 0 Å². The predicted molar refractivity (Wildman–Crippen MR) is 56.1 cm³/mol. The molecule has 0 heterocycles. The van der Waals surface area contributed by atoms with Crippen molar-refractivity contribution in [2.24, 2.45) is 0 Å². The largest absolute Gasteiger partial charge is 0.308 e. The number of halogens is 3. The SMILES string of the molecule is C=C(Br)CNCc1ccc(F)cc1F. The molecule has 0 aliphatic carbocycles. The van der Waals surface area contributed by atoms with Crippen molar-refractivity contribution < 1.29 is 8.78 Å². The quantitative estimate of drug-likeness (QED) is 0.879. The Morgan fingerprint density at radius 2 is 2.14 bits per heavy atom. The minimum absolute atomic E-state index is 0.358. The first kappa shape index (κ1) is 11.3. The number of nitrogens with one attached hydrogen (secondary N) is 1. The van der Waals surface area contributed by atoms with Crippen molar-refractivity contribution in [2.45, 2.75) is 6.54 Å². The molecular weight excluding hydrogens is 252 g/mol. The number of benzene rings is 1. The van der Waals surface area contributed by atoms with Gasteiger partial charge in [-0.2, -0.15) is 0 Å². The molecule has 0 unspecified atom stereocenters. The fourth-order valence-electron chi connectivity index (χ4n) is 0.998. The van der Waals surface area contributed by atoms with Gasteiger partial charge in [0.25, 0.3) is 0 Å². The van der Waals surface area contributed by atoms with E-state index in [0.29, 0.717) is 18.7 Å². The zero-order chi connectivity index (χ0) is 10.6. The van der Waals surface area contributed by atoms with Gasteiger partial charge in [0.1, 0.15) is 11.6 Å². The average molecular weight is 262 g/mol. The van der Waals surface area contributed by atoms with E-state index in [1.807, 2.05) is 0 Å². The highest BCUT2D eigenvalue weighted by Crippen LogP contribution is 2.09. The van der Waals surface area contributed by atoms with Crippen molar-refractivity contribution in [3.63, 3.8) is 0 Å². The summed E-state index contributed by atoms with van der Waals surface area (Å²) >= 11 is 3.17. The van der Waals surface area contributed by atoms with Crippen LogP contribution >= 0.6 is 15.9 Å². The molecule has 0 aliphatic rings. The van der Waals surface area contributed by atoms with Crippen LogP contribution < -0.4 is 5.32 Å². The zero-order valence-corrected chi connectivity index (χ0v) is 9.07. The molecule has 0 atom stereocenters. The molecule has 0 fully saturated rings. The van der Waals surface area contributed by atoms with Crippen LogP contribution in [-0.2, 0) is 6.54 Å². The summed E-state index contributed by atoms with van der Waals surface area (Å²) in [6, 6.07) is 3.54. The molecule has 1 aromatic carbocycles. The van der Waals surface area contributed by atoms with E-state index in [1.54, 1.807) is 0 Å². The van der Waals surface area contributed by atoms with Crippen LogP contribution in [-0.4, -0.2) is 6.54 Å². The fraction of sp³-hybridized carbons (Fsp3) is 0.200. The summed E-state index contributed by atoms with van der Waals surface area (Å²) in [4.78, 5) is 0. The minimum Gasteiger partial charge on any atom is -0.308 e. The summed E-state index contributed by atoms with van der Waals surface area (Å²) in [6.45, 7) is 4.53. The normalized spacial score (nSPS) is 10.2. The summed E-state index contributed by atoms with van der Waals surface area (Å²) in [5.41, 5.74) is 0.445. The first-order valence-corrected chi connectivity index (χ1v) is 4.87. The Morgan fingerprint density at radius 3 is 2.71 bits per heavy atom. The molecule has 0 aromatic heterocycles. The average Bonchev–Trinajstić information content (AvgIpc) is 2.08. The molecule has 0 saturated carbocycles. The Morgan fingerprint density at radius 1 is 1.43 bits per heavy atom. The molecule has 0 radical (unpaired) electrons. The van der Waals surface area contributed by atoms with Gasteiger partial charge in [-0.1, -0.05) is 28.6 Å². The Kier molecular flexibility index (Phi) is 4.22. The minimum atomic E-state index is -0.559. The summed E-state index contributed by atoms with van der Waals surface area (Å²) in [7, 11) is 0. The third-order valence-corrected chi connectivity index (χ3v) is 1.93. The monoisotopic (exact) mass is 261 g/mol. The van der Waals surface area contributed by atoms with Gasteiger partial charge in [0.15, 0.2) is 0 Å². The van der Waals surface area contributed by atoms with Gasteiger partial charge in [0.05, 0.1) is 0 Å². The van der Waals surface area contributed by atoms with E-state index in [0.717, 1.165) is 10.5 Å². The number of hydrogen-bond acceptors (Lipinski definition) is 1. The Balaban J connectivity index is 2.55. The van der Waals surface area contributed by atoms with Crippen LogP contribution in [0.25, 0.3) is 0 Å². The molecular formula is C10H10BrF2N. The Labute approximate surface area is 90.0 Å². The van der Waals surface area contributed by atoms with E-state index in [1.165, 1.54) is 12.1 Å². The maximum Gasteiger partial charge on any atom is 0.130 e. The molecule has 0 saturated heterocycles. The van der Waals surface area contributed by atoms with E-state index in [2.05, 4.69) is 27.8 Å². The summed E-state index contributed by atoms with van der Waals surface area (Å²) in [5, 5.41) is 2.95. The van der Waals surface area contributed by atoms with Gasteiger partial charge in [-0.15, -0.1) is 0 Å². The molecule has 14 heavy (non-hydrogen) atoms.